The standard InChI is InChI=1S/C18H25F2N3S.HI/c1-3-24-12-8-7-11(9-12)22-18(21-2)23-16-10-13(16)17-14(19)5-4-6-15(17)20;/h4-6,11-13,16H,3,7-10H2,1-2H3,(H2,21,22,23);1H. The number of rotatable bonds is 5. The fraction of sp³-hybridized carbons (Fsp3) is 0.611. The van der Waals surface area contributed by atoms with Crippen molar-refractivity contribution in [2.45, 2.75) is 55.9 Å². The van der Waals surface area contributed by atoms with Crippen molar-refractivity contribution in [3.63, 3.8) is 0 Å². The van der Waals surface area contributed by atoms with Crippen molar-refractivity contribution in [2.75, 3.05) is 12.8 Å². The van der Waals surface area contributed by atoms with Crippen LogP contribution in [0.3, 0.4) is 0 Å². The molecule has 2 aliphatic carbocycles. The van der Waals surface area contributed by atoms with E-state index in [0.29, 0.717) is 6.04 Å². The van der Waals surface area contributed by atoms with E-state index >= 15 is 0 Å². The maximum Gasteiger partial charge on any atom is 0.191 e. The monoisotopic (exact) mass is 481 g/mol. The molecule has 0 saturated heterocycles. The van der Waals surface area contributed by atoms with Crippen molar-refractivity contribution in [2.24, 2.45) is 4.99 Å². The molecule has 1 aromatic rings. The summed E-state index contributed by atoms with van der Waals surface area (Å²) in [5, 5.41) is 7.51. The van der Waals surface area contributed by atoms with E-state index in [2.05, 4.69) is 22.5 Å². The van der Waals surface area contributed by atoms with Crippen LogP contribution in [0, 0.1) is 11.6 Å². The maximum atomic E-state index is 13.9. The zero-order valence-corrected chi connectivity index (χ0v) is 17.7. The van der Waals surface area contributed by atoms with Gasteiger partial charge in [0, 0.05) is 35.9 Å². The Morgan fingerprint density at radius 1 is 1.20 bits per heavy atom. The Balaban J connectivity index is 0.00000225. The Bertz CT molecular complexity index is 594. The van der Waals surface area contributed by atoms with Gasteiger partial charge < -0.3 is 10.6 Å². The summed E-state index contributed by atoms with van der Waals surface area (Å²) in [6.45, 7) is 2.20. The molecule has 4 unspecified atom stereocenters. The number of hydrogen-bond donors (Lipinski definition) is 2. The van der Waals surface area contributed by atoms with E-state index in [4.69, 9.17) is 0 Å². The van der Waals surface area contributed by atoms with Crippen LogP contribution in [-0.4, -0.2) is 36.1 Å². The van der Waals surface area contributed by atoms with E-state index in [1.54, 1.807) is 7.05 Å². The topological polar surface area (TPSA) is 36.4 Å². The van der Waals surface area contributed by atoms with Crippen LogP contribution >= 0.6 is 35.7 Å². The Labute approximate surface area is 169 Å². The second-order valence-corrected chi connectivity index (χ2v) is 8.11. The minimum absolute atomic E-state index is 0. The highest BCUT2D eigenvalue weighted by molar-refractivity contribution is 14.0. The normalized spacial score (nSPS) is 28.4. The maximum absolute atomic E-state index is 13.9. The molecule has 0 aliphatic heterocycles. The summed E-state index contributed by atoms with van der Waals surface area (Å²) >= 11 is 2.02. The van der Waals surface area contributed by atoms with Crippen molar-refractivity contribution in [1.29, 1.82) is 0 Å². The van der Waals surface area contributed by atoms with Gasteiger partial charge in [-0.15, -0.1) is 24.0 Å². The largest absolute Gasteiger partial charge is 0.354 e. The molecule has 2 N–H and O–H groups in total. The lowest BCUT2D eigenvalue weighted by atomic mass is 10.1. The zero-order valence-electron chi connectivity index (χ0n) is 14.6. The zero-order chi connectivity index (χ0) is 17.1. The number of aliphatic imine (C=N–C) groups is 1. The van der Waals surface area contributed by atoms with Gasteiger partial charge in [-0.1, -0.05) is 13.0 Å². The average molecular weight is 481 g/mol. The molecule has 2 aliphatic rings. The number of thioether (sulfide) groups is 1. The molecule has 3 nitrogen and oxygen atoms in total. The lowest BCUT2D eigenvalue weighted by molar-refractivity contribution is 0.552. The van der Waals surface area contributed by atoms with Crippen molar-refractivity contribution < 1.29 is 8.78 Å². The third kappa shape index (κ3) is 5.21. The molecular formula is C18H26F2IN3S. The first-order valence-corrected chi connectivity index (χ1v) is 9.72. The van der Waals surface area contributed by atoms with Crippen molar-refractivity contribution in [3.05, 3.63) is 35.4 Å². The van der Waals surface area contributed by atoms with Gasteiger partial charge in [-0.2, -0.15) is 11.8 Å². The molecular weight excluding hydrogens is 455 g/mol. The molecule has 3 rings (SSSR count). The van der Waals surface area contributed by atoms with E-state index in [0.717, 1.165) is 36.2 Å². The molecule has 0 heterocycles. The van der Waals surface area contributed by atoms with Gasteiger partial charge in [-0.3, -0.25) is 4.99 Å². The number of nitrogens with zero attached hydrogens (tertiary/aromatic N) is 1. The number of guanidine groups is 1. The first-order valence-electron chi connectivity index (χ1n) is 8.67. The molecule has 7 heteroatoms. The van der Waals surface area contributed by atoms with Crippen molar-refractivity contribution in [3.8, 4) is 0 Å². The summed E-state index contributed by atoms with van der Waals surface area (Å²) < 4.78 is 27.7. The predicted octanol–water partition coefficient (Wildman–Crippen LogP) is 4.28. The van der Waals surface area contributed by atoms with Gasteiger partial charge in [0.2, 0.25) is 0 Å². The molecule has 140 valence electrons. The molecule has 2 saturated carbocycles. The summed E-state index contributed by atoms with van der Waals surface area (Å²) in [6.07, 6.45) is 4.26. The van der Waals surface area contributed by atoms with E-state index in [-0.39, 0.29) is 41.5 Å². The molecule has 4 atom stereocenters. The summed E-state index contributed by atoms with van der Waals surface area (Å²) in [7, 11) is 1.74. The van der Waals surface area contributed by atoms with Gasteiger partial charge in [-0.25, -0.2) is 8.78 Å². The average Bonchev–Trinajstić information content (AvgIpc) is 3.15. The number of halogens is 3. The predicted molar refractivity (Wildman–Crippen MR) is 112 cm³/mol. The van der Waals surface area contributed by atoms with Gasteiger partial charge in [-0.05, 0) is 43.6 Å². The Morgan fingerprint density at radius 3 is 2.56 bits per heavy atom. The first kappa shape index (κ1) is 20.7. The van der Waals surface area contributed by atoms with Gasteiger partial charge in [0.05, 0.1) is 0 Å². The highest BCUT2D eigenvalue weighted by Gasteiger charge is 2.42. The van der Waals surface area contributed by atoms with Crippen molar-refractivity contribution in [1.82, 2.24) is 10.6 Å². The number of hydrogen-bond acceptors (Lipinski definition) is 2. The lowest BCUT2D eigenvalue weighted by Gasteiger charge is -2.17. The van der Waals surface area contributed by atoms with Crippen LogP contribution in [0.4, 0.5) is 8.78 Å². The third-order valence-corrected chi connectivity index (χ3v) is 6.07. The molecule has 0 aromatic heterocycles. The van der Waals surface area contributed by atoms with Gasteiger partial charge in [0.25, 0.3) is 0 Å². The fourth-order valence-electron chi connectivity index (χ4n) is 3.54. The van der Waals surface area contributed by atoms with Crippen LogP contribution in [-0.2, 0) is 0 Å². The van der Waals surface area contributed by atoms with Crippen LogP contribution in [0.15, 0.2) is 23.2 Å². The van der Waals surface area contributed by atoms with E-state index < -0.39 is 11.6 Å². The Morgan fingerprint density at radius 2 is 1.92 bits per heavy atom. The third-order valence-electron chi connectivity index (χ3n) is 4.83. The Kier molecular flexibility index (Phi) is 7.79. The summed E-state index contributed by atoms with van der Waals surface area (Å²) in [6, 6.07) is 4.53. The second-order valence-electron chi connectivity index (χ2n) is 6.53. The van der Waals surface area contributed by atoms with Crippen LogP contribution < -0.4 is 10.6 Å². The quantitative estimate of drug-likeness (QED) is 0.375. The highest BCUT2D eigenvalue weighted by atomic mass is 127. The van der Waals surface area contributed by atoms with Crippen LogP contribution in [0.1, 0.15) is 44.1 Å². The molecule has 0 spiro atoms. The van der Waals surface area contributed by atoms with Crippen LogP contribution in [0.5, 0.6) is 0 Å². The van der Waals surface area contributed by atoms with Crippen LogP contribution in [0.2, 0.25) is 0 Å². The van der Waals surface area contributed by atoms with Crippen molar-refractivity contribution >= 4 is 41.7 Å². The van der Waals surface area contributed by atoms with Gasteiger partial charge in [0.15, 0.2) is 5.96 Å². The molecule has 0 bridgehead atoms. The SMILES string of the molecule is CCSC1CCC(NC(=NC)NC2CC2c2c(F)cccc2F)C1.I. The summed E-state index contributed by atoms with van der Waals surface area (Å²) in [4.78, 5) is 4.28. The fourth-order valence-corrected chi connectivity index (χ4v) is 4.68. The Hall–Kier alpha value is -0.570. The van der Waals surface area contributed by atoms with Gasteiger partial charge >= 0.3 is 0 Å². The molecule has 2 fully saturated rings. The smallest absolute Gasteiger partial charge is 0.191 e. The summed E-state index contributed by atoms with van der Waals surface area (Å²) in [5.74, 6) is 0.871. The molecule has 0 amide bonds. The minimum Gasteiger partial charge on any atom is -0.354 e. The molecule has 1 aromatic carbocycles. The lowest BCUT2D eigenvalue weighted by Crippen LogP contribution is -2.43. The van der Waals surface area contributed by atoms with Crippen LogP contribution in [0.25, 0.3) is 0 Å². The summed E-state index contributed by atoms with van der Waals surface area (Å²) in [5.41, 5.74) is 0.200. The molecule has 0 radical (unpaired) electrons. The van der Waals surface area contributed by atoms with E-state index in [1.165, 1.54) is 24.6 Å². The second kappa shape index (κ2) is 9.39. The van der Waals surface area contributed by atoms with E-state index in [1.807, 2.05) is 11.8 Å². The highest BCUT2D eigenvalue weighted by Crippen LogP contribution is 2.43. The minimum atomic E-state index is -0.456. The van der Waals surface area contributed by atoms with E-state index in [9.17, 15) is 8.78 Å². The number of nitrogens with one attached hydrogen (secondary N) is 2. The first-order chi connectivity index (χ1) is 11.6. The molecule has 25 heavy (non-hydrogen) atoms. The van der Waals surface area contributed by atoms with Gasteiger partial charge in [0.1, 0.15) is 11.6 Å². The number of benzene rings is 1.